The van der Waals surface area contributed by atoms with Crippen LogP contribution in [0.15, 0.2) is 21.5 Å². The van der Waals surface area contributed by atoms with Crippen LogP contribution >= 0.6 is 11.8 Å². The molecule has 0 aliphatic carbocycles. The van der Waals surface area contributed by atoms with Gasteiger partial charge in [-0.1, -0.05) is 0 Å². The quantitative estimate of drug-likeness (QED) is 0.243. The highest BCUT2D eigenvalue weighted by Crippen LogP contribution is 2.18. The van der Waals surface area contributed by atoms with E-state index in [4.69, 9.17) is 10.2 Å². The second kappa shape index (κ2) is 8.93. The van der Waals surface area contributed by atoms with Crippen molar-refractivity contribution in [3.63, 3.8) is 0 Å². The van der Waals surface area contributed by atoms with E-state index in [2.05, 4.69) is 9.89 Å². The number of likely N-dealkylation sites (tertiary alicyclic amines) is 1. The van der Waals surface area contributed by atoms with Crippen LogP contribution in [-0.2, 0) is 12.3 Å². The average molecular weight is 340 g/mol. The van der Waals surface area contributed by atoms with Crippen LogP contribution < -0.4 is 5.73 Å². The molecule has 1 saturated heterocycles. The van der Waals surface area contributed by atoms with Gasteiger partial charge in [0, 0.05) is 17.6 Å². The van der Waals surface area contributed by atoms with Gasteiger partial charge < -0.3 is 10.2 Å². The number of aliphatic imine (C=N–C) groups is 1. The highest BCUT2D eigenvalue weighted by atomic mass is 32.2. The molecule has 1 aliphatic rings. The highest BCUT2D eigenvalue weighted by Gasteiger charge is 2.17. The summed E-state index contributed by atoms with van der Waals surface area (Å²) in [5.41, 5.74) is 5.57. The van der Waals surface area contributed by atoms with E-state index < -0.39 is 11.0 Å². The molecule has 1 atom stereocenters. The van der Waals surface area contributed by atoms with E-state index in [9.17, 15) is 10.1 Å². The molecule has 0 bridgehead atoms. The standard InChI is InChI=1S/C15H24N4O3S/c1-12(19(20)21)15(16)17-6-9-23-11-14-5-4-13(22-14)10-18-7-2-3-8-18/h4-5,12H,2-3,6-11H2,1H3,(H2,16,17). The van der Waals surface area contributed by atoms with Gasteiger partial charge in [-0.3, -0.25) is 20.0 Å². The Kier molecular flexibility index (Phi) is 6.91. The monoisotopic (exact) mass is 340 g/mol. The van der Waals surface area contributed by atoms with Crippen LogP contribution in [0.5, 0.6) is 0 Å². The number of rotatable bonds is 9. The lowest BCUT2D eigenvalue weighted by Gasteiger charge is -2.11. The fraction of sp³-hybridized carbons (Fsp3) is 0.667. The lowest BCUT2D eigenvalue weighted by atomic mass is 10.3. The van der Waals surface area contributed by atoms with Gasteiger partial charge in [0.05, 0.1) is 18.8 Å². The zero-order valence-electron chi connectivity index (χ0n) is 13.4. The summed E-state index contributed by atoms with van der Waals surface area (Å²) in [7, 11) is 0. The number of nitrogens with two attached hydrogens (primary N) is 1. The molecule has 2 N–H and O–H groups in total. The summed E-state index contributed by atoms with van der Waals surface area (Å²) >= 11 is 1.68. The van der Waals surface area contributed by atoms with Crippen molar-refractivity contribution in [2.75, 3.05) is 25.4 Å². The van der Waals surface area contributed by atoms with Crippen LogP contribution in [-0.4, -0.2) is 47.1 Å². The number of thioether (sulfide) groups is 1. The van der Waals surface area contributed by atoms with Crippen LogP contribution in [0.25, 0.3) is 0 Å². The smallest absolute Gasteiger partial charge is 0.266 e. The Hall–Kier alpha value is -1.54. The maximum absolute atomic E-state index is 10.6. The summed E-state index contributed by atoms with van der Waals surface area (Å²) in [5.74, 6) is 3.60. The Morgan fingerprint density at radius 2 is 2.17 bits per heavy atom. The minimum Gasteiger partial charge on any atom is -0.464 e. The van der Waals surface area contributed by atoms with Gasteiger partial charge >= 0.3 is 0 Å². The van der Waals surface area contributed by atoms with Crippen molar-refractivity contribution in [2.45, 2.75) is 38.1 Å². The molecule has 1 aromatic rings. The van der Waals surface area contributed by atoms with Gasteiger partial charge in [0.1, 0.15) is 11.5 Å². The predicted octanol–water partition coefficient (Wildman–Crippen LogP) is 2.13. The number of amidine groups is 1. The van der Waals surface area contributed by atoms with Gasteiger partial charge in [-0.05, 0) is 38.1 Å². The van der Waals surface area contributed by atoms with Crippen LogP contribution in [0.1, 0.15) is 31.3 Å². The summed E-state index contributed by atoms with van der Waals surface area (Å²) in [6.45, 7) is 5.14. The first-order valence-corrected chi connectivity index (χ1v) is 9.02. The third kappa shape index (κ3) is 5.87. The predicted molar refractivity (Wildman–Crippen MR) is 92.3 cm³/mol. The Bertz CT molecular complexity index is 541. The third-order valence-corrected chi connectivity index (χ3v) is 4.77. The van der Waals surface area contributed by atoms with Crippen molar-refractivity contribution in [3.05, 3.63) is 33.8 Å². The minimum atomic E-state index is -0.918. The topological polar surface area (TPSA) is 97.9 Å². The molecule has 0 amide bonds. The summed E-state index contributed by atoms with van der Waals surface area (Å²) in [4.78, 5) is 16.6. The molecule has 2 heterocycles. The number of hydrogen-bond donors (Lipinski definition) is 1. The van der Waals surface area contributed by atoms with Crippen LogP contribution in [0.2, 0.25) is 0 Å². The van der Waals surface area contributed by atoms with Crippen molar-refractivity contribution in [3.8, 4) is 0 Å². The molecule has 0 saturated carbocycles. The summed E-state index contributed by atoms with van der Waals surface area (Å²) in [6.07, 6.45) is 2.56. The van der Waals surface area contributed by atoms with Crippen LogP contribution in [0.3, 0.4) is 0 Å². The number of nitrogens with zero attached hydrogens (tertiary/aromatic N) is 3. The Morgan fingerprint density at radius 1 is 1.48 bits per heavy atom. The Labute approximate surface area is 140 Å². The maximum Gasteiger partial charge on any atom is 0.266 e. The van der Waals surface area contributed by atoms with E-state index in [-0.39, 0.29) is 5.84 Å². The molecule has 1 aromatic heterocycles. The fourth-order valence-electron chi connectivity index (χ4n) is 2.40. The first-order valence-electron chi connectivity index (χ1n) is 7.87. The van der Waals surface area contributed by atoms with Gasteiger partial charge in [0.15, 0.2) is 5.84 Å². The van der Waals surface area contributed by atoms with Crippen molar-refractivity contribution in [1.82, 2.24) is 4.90 Å². The number of hydrogen-bond acceptors (Lipinski definition) is 6. The van der Waals surface area contributed by atoms with Crippen molar-refractivity contribution in [2.24, 2.45) is 10.7 Å². The second-order valence-electron chi connectivity index (χ2n) is 5.67. The van der Waals surface area contributed by atoms with Crippen LogP contribution in [0.4, 0.5) is 0 Å². The summed E-state index contributed by atoms with van der Waals surface area (Å²) in [5, 5.41) is 10.6. The largest absolute Gasteiger partial charge is 0.464 e. The van der Waals surface area contributed by atoms with Gasteiger partial charge in [-0.25, -0.2) is 0 Å². The lowest BCUT2D eigenvalue weighted by Crippen LogP contribution is -2.33. The van der Waals surface area contributed by atoms with Gasteiger partial charge in [0.2, 0.25) is 0 Å². The van der Waals surface area contributed by atoms with Gasteiger partial charge in [0.25, 0.3) is 6.04 Å². The molecule has 1 unspecified atom stereocenters. The number of nitro groups is 1. The Balaban J connectivity index is 1.65. The lowest BCUT2D eigenvalue weighted by molar-refractivity contribution is -0.498. The Morgan fingerprint density at radius 3 is 2.87 bits per heavy atom. The molecule has 2 rings (SSSR count). The van der Waals surface area contributed by atoms with E-state index in [1.165, 1.54) is 19.8 Å². The van der Waals surface area contributed by atoms with E-state index >= 15 is 0 Å². The zero-order chi connectivity index (χ0) is 16.7. The molecular weight excluding hydrogens is 316 g/mol. The van der Waals surface area contributed by atoms with Crippen molar-refractivity contribution >= 4 is 17.6 Å². The van der Waals surface area contributed by atoms with Crippen molar-refractivity contribution < 1.29 is 9.34 Å². The van der Waals surface area contributed by atoms with E-state index in [0.717, 1.165) is 42.7 Å². The molecule has 1 fully saturated rings. The number of furan rings is 1. The first-order chi connectivity index (χ1) is 11.1. The molecule has 1 aliphatic heterocycles. The molecule has 8 heteroatoms. The fourth-order valence-corrected chi connectivity index (χ4v) is 3.12. The molecule has 0 spiro atoms. The summed E-state index contributed by atoms with van der Waals surface area (Å²) < 4.78 is 5.83. The maximum atomic E-state index is 10.6. The SMILES string of the molecule is CC(C(N)=NCCSCc1ccc(CN2CCCC2)o1)[N+](=O)[O-]. The first kappa shape index (κ1) is 17.8. The molecule has 0 radical (unpaired) electrons. The zero-order valence-corrected chi connectivity index (χ0v) is 14.3. The molecule has 128 valence electrons. The molecular formula is C15H24N4O3S. The second-order valence-corrected chi connectivity index (χ2v) is 6.78. The normalized spacial score (nSPS) is 17.5. The van der Waals surface area contributed by atoms with Gasteiger partial charge in [-0.15, -0.1) is 0 Å². The van der Waals surface area contributed by atoms with E-state index in [1.807, 2.05) is 12.1 Å². The highest BCUT2D eigenvalue weighted by molar-refractivity contribution is 7.98. The summed E-state index contributed by atoms with van der Waals surface area (Å²) in [6, 6.07) is 3.15. The molecule has 23 heavy (non-hydrogen) atoms. The molecule has 0 aromatic carbocycles. The van der Waals surface area contributed by atoms with E-state index in [0.29, 0.717) is 6.54 Å². The average Bonchev–Trinajstić information content (AvgIpc) is 3.18. The van der Waals surface area contributed by atoms with Crippen LogP contribution in [0, 0.1) is 10.1 Å². The molecule has 7 nitrogen and oxygen atoms in total. The van der Waals surface area contributed by atoms with Gasteiger partial charge in [-0.2, -0.15) is 11.8 Å². The van der Waals surface area contributed by atoms with E-state index in [1.54, 1.807) is 11.8 Å². The third-order valence-electron chi connectivity index (χ3n) is 3.81. The van der Waals surface area contributed by atoms with Crippen molar-refractivity contribution in [1.29, 1.82) is 0 Å². The minimum absolute atomic E-state index is 0.0847.